The Balaban J connectivity index is 2.25. The van der Waals surface area contributed by atoms with E-state index in [9.17, 15) is 9.90 Å². The van der Waals surface area contributed by atoms with E-state index in [0.29, 0.717) is 5.75 Å². The molecule has 0 aromatic heterocycles. The van der Waals surface area contributed by atoms with Gasteiger partial charge in [-0.2, -0.15) is 0 Å². The zero-order chi connectivity index (χ0) is 12.4. The molecule has 92 valence electrons. The van der Waals surface area contributed by atoms with Crippen LogP contribution in [0.1, 0.15) is 30.0 Å². The number of hydrogen-bond acceptors (Lipinski definition) is 3. The molecule has 1 amide bonds. The summed E-state index contributed by atoms with van der Waals surface area (Å²) in [5, 5.41) is 9.47. The van der Waals surface area contributed by atoms with Gasteiger partial charge in [0.05, 0.1) is 6.54 Å². The fraction of sp³-hybridized carbons (Fsp3) is 0.462. The Bertz CT molecular complexity index is 431. The SMILES string of the molecule is CN(CC(N)=O)C1CCCc2cc(O)ccc21. The normalized spacial score (nSPS) is 19.1. The molecule has 0 saturated carbocycles. The standard InChI is InChI=1S/C13H18N2O2/c1-15(8-13(14)17)12-4-2-3-9-7-10(16)5-6-11(9)12/h5-7,12,16H,2-4,8H2,1H3,(H2,14,17). The molecular formula is C13H18N2O2. The average molecular weight is 234 g/mol. The predicted molar refractivity (Wildman–Crippen MR) is 65.6 cm³/mol. The van der Waals surface area contributed by atoms with Crippen LogP contribution in [0.4, 0.5) is 0 Å². The van der Waals surface area contributed by atoms with Crippen LogP contribution in [0.25, 0.3) is 0 Å². The molecule has 3 N–H and O–H groups in total. The minimum Gasteiger partial charge on any atom is -0.508 e. The maximum Gasteiger partial charge on any atom is 0.231 e. The molecule has 0 aliphatic heterocycles. The summed E-state index contributed by atoms with van der Waals surface area (Å²) in [6.45, 7) is 0.269. The lowest BCUT2D eigenvalue weighted by atomic mass is 9.87. The number of likely N-dealkylation sites (N-methyl/N-ethyl adjacent to an activating group) is 1. The molecule has 17 heavy (non-hydrogen) atoms. The van der Waals surface area contributed by atoms with Crippen molar-refractivity contribution in [2.45, 2.75) is 25.3 Å². The Hall–Kier alpha value is -1.55. The van der Waals surface area contributed by atoms with Crippen LogP contribution in [0.5, 0.6) is 5.75 Å². The van der Waals surface area contributed by atoms with Gasteiger partial charge in [0.1, 0.15) is 5.75 Å². The second kappa shape index (κ2) is 4.75. The second-order valence-electron chi connectivity index (χ2n) is 4.67. The lowest BCUT2D eigenvalue weighted by Gasteiger charge is -2.32. The molecule has 2 rings (SSSR count). The number of nitrogens with two attached hydrogens (primary N) is 1. The molecular weight excluding hydrogens is 216 g/mol. The van der Waals surface area contributed by atoms with Crippen LogP contribution in [0, 0.1) is 0 Å². The fourth-order valence-electron chi connectivity index (χ4n) is 2.59. The summed E-state index contributed by atoms with van der Waals surface area (Å²) in [5.41, 5.74) is 7.61. The van der Waals surface area contributed by atoms with E-state index < -0.39 is 0 Å². The van der Waals surface area contributed by atoms with Gasteiger partial charge in [0, 0.05) is 6.04 Å². The molecule has 1 atom stereocenters. The highest BCUT2D eigenvalue weighted by atomic mass is 16.3. The number of primary amides is 1. The first kappa shape index (κ1) is 11.9. The highest BCUT2D eigenvalue weighted by Crippen LogP contribution is 2.34. The average Bonchev–Trinajstić information content (AvgIpc) is 2.26. The van der Waals surface area contributed by atoms with Crippen LogP contribution in [0.15, 0.2) is 18.2 Å². The number of aromatic hydroxyl groups is 1. The molecule has 1 aliphatic carbocycles. The van der Waals surface area contributed by atoms with E-state index in [1.807, 2.05) is 24.1 Å². The van der Waals surface area contributed by atoms with Crippen molar-refractivity contribution in [3.8, 4) is 5.75 Å². The first-order valence-electron chi connectivity index (χ1n) is 5.88. The third-order valence-electron chi connectivity index (χ3n) is 3.35. The van der Waals surface area contributed by atoms with Gasteiger partial charge in [-0.25, -0.2) is 0 Å². The van der Waals surface area contributed by atoms with Gasteiger partial charge in [0.25, 0.3) is 0 Å². The fourth-order valence-corrected chi connectivity index (χ4v) is 2.59. The van der Waals surface area contributed by atoms with Crippen molar-refractivity contribution in [3.63, 3.8) is 0 Å². The number of rotatable bonds is 3. The molecule has 1 aliphatic rings. The number of amides is 1. The van der Waals surface area contributed by atoms with Crippen molar-refractivity contribution in [3.05, 3.63) is 29.3 Å². The van der Waals surface area contributed by atoms with E-state index in [2.05, 4.69) is 0 Å². The van der Waals surface area contributed by atoms with Gasteiger partial charge in [-0.3, -0.25) is 9.69 Å². The maximum atomic E-state index is 11.0. The van der Waals surface area contributed by atoms with E-state index in [4.69, 9.17) is 5.73 Å². The van der Waals surface area contributed by atoms with E-state index in [1.165, 1.54) is 11.1 Å². The number of nitrogens with zero attached hydrogens (tertiary/aromatic N) is 1. The minimum atomic E-state index is -0.307. The van der Waals surface area contributed by atoms with Crippen molar-refractivity contribution < 1.29 is 9.90 Å². The number of aryl methyl sites for hydroxylation is 1. The molecule has 4 heteroatoms. The number of carbonyl (C=O) groups excluding carboxylic acids is 1. The zero-order valence-electron chi connectivity index (χ0n) is 10.0. The lowest BCUT2D eigenvalue weighted by Crippen LogP contribution is -2.35. The van der Waals surface area contributed by atoms with Crippen LogP contribution in [-0.2, 0) is 11.2 Å². The number of fused-ring (bicyclic) bond motifs is 1. The smallest absolute Gasteiger partial charge is 0.231 e. The zero-order valence-corrected chi connectivity index (χ0v) is 10.0. The van der Waals surface area contributed by atoms with Crippen molar-refractivity contribution in [2.75, 3.05) is 13.6 Å². The van der Waals surface area contributed by atoms with E-state index >= 15 is 0 Å². The van der Waals surface area contributed by atoms with E-state index in [-0.39, 0.29) is 18.5 Å². The Labute approximate surface area is 101 Å². The molecule has 1 aromatic carbocycles. The number of hydrogen-bond donors (Lipinski definition) is 2. The first-order valence-corrected chi connectivity index (χ1v) is 5.88. The topological polar surface area (TPSA) is 66.6 Å². The summed E-state index contributed by atoms with van der Waals surface area (Å²) in [5.74, 6) is 0.000330. The Morgan fingerprint density at radius 2 is 2.35 bits per heavy atom. The van der Waals surface area contributed by atoms with Gasteiger partial charge >= 0.3 is 0 Å². The summed E-state index contributed by atoms with van der Waals surface area (Å²) in [6, 6.07) is 5.70. The third-order valence-corrected chi connectivity index (χ3v) is 3.35. The third kappa shape index (κ3) is 2.58. The van der Waals surface area contributed by atoms with Crippen molar-refractivity contribution in [1.29, 1.82) is 0 Å². The predicted octanol–water partition coefficient (Wildman–Crippen LogP) is 1.19. The molecule has 1 aromatic rings. The van der Waals surface area contributed by atoms with Gasteiger partial charge in [-0.1, -0.05) is 6.07 Å². The van der Waals surface area contributed by atoms with Crippen LogP contribution in [0.2, 0.25) is 0 Å². The highest BCUT2D eigenvalue weighted by molar-refractivity contribution is 5.75. The van der Waals surface area contributed by atoms with E-state index in [0.717, 1.165) is 19.3 Å². The van der Waals surface area contributed by atoms with Crippen LogP contribution in [0.3, 0.4) is 0 Å². The van der Waals surface area contributed by atoms with Crippen molar-refractivity contribution in [2.24, 2.45) is 5.73 Å². The number of phenolic OH excluding ortho intramolecular Hbond substituents is 1. The molecule has 0 heterocycles. The van der Waals surface area contributed by atoms with Crippen LogP contribution >= 0.6 is 0 Å². The lowest BCUT2D eigenvalue weighted by molar-refractivity contribution is -0.119. The van der Waals surface area contributed by atoms with Gasteiger partial charge in [0.15, 0.2) is 0 Å². The quantitative estimate of drug-likeness (QED) is 0.825. The Morgan fingerprint density at radius 3 is 3.06 bits per heavy atom. The summed E-state index contributed by atoms with van der Waals surface area (Å²) in [4.78, 5) is 12.9. The molecule has 0 spiro atoms. The van der Waals surface area contributed by atoms with E-state index in [1.54, 1.807) is 6.07 Å². The van der Waals surface area contributed by atoms with Crippen molar-refractivity contribution >= 4 is 5.91 Å². The van der Waals surface area contributed by atoms with Gasteiger partial charge in [-0.05, 0) is 49.6 Å². The Kier molecular flexibility index (Phi) is 3.33. The number of carbonyl (C=O) groups is 1. The molecule has 0 fully saturated rings. The Morgan fingerprint density at radius 1 is 1.59 bits per heavy atom. The highest BCUT2D eigenvalue weighted by Gasteiger charge is 2.24. The molecule has 0 saturated heterocycles. The van der Waals surface area contributed by atoms with Gasteiger partial charge in [0.2, 0.25) is 5.91 Å². The molecule has 0 radical (unpaired) electrons. The van der Waals surface area contributed by atoms with Crippen LogP contribution in [-0.4, -0.2) is 29.5 Å². The maximum absolute atomic E-state index is 11.0. The molecule has 1 unspecified atom stereocenters. The summed E-state index contributed by atoms with van der Waals surface area (Å²) >= 11 is 0. The van der Waals surface area contributed by atoms with Gasteiger partial charge in [-0.15, -0.1) is 0 Å². The molecule has 4 nitrogen and oxygen atoms in total. The monoisotopic (exact) mass is 234 g/mol. The summed E-state index contributed by atoms with van der Waals surface area (Å²) in [6.07, 6.45) is 3.09. The summed E-state index contributed by atoms with van der Waals surface area (Å²) in [7, 11) is 1.91. The first-order chi connectivity index (χ1) is 8.08. The minimum absolute atomic E-state index is 0.229. The van der Waals surface area contributed by atoms with Crippen LogP contribution < -0.4 is 5.73 Å². The second-order valence-corrected chi connectivity index (χ2v) is 4.67. The number of phenols is 1. The summed E-state index contributed by atoms with van der Waals surface area (Å²) < 4.78 is 0. The largest absolute Gasteiger partial charge is 0.508 e. The number of benzene rings is 1. The molecule has 0 bridgehead atoms. The van der Waals surface area contributed by atoms with Gasteiger partial charge < -0.3 is 10.8 Å². The van der Waals surface area contributed by atoms with Crippen molar-refractivity contribution in [1.82, 2.24) is 4.90 Å².